The molecule has 1 rings (SSSR count). The molecule has 0 fully saturated rings. The molecule has 1 aromatic heterocycles. The van der Waals surface area contributed by atoms with Crippen molar-refractivity contribution < 1.29 is 112 Å². The van der Waals surface area contributed by atoms with Gasteiger partial charge in [0, 0.05) is 102 Å². The summed E-state index contributed by atoms with van der Waals surface area (Å²) in [7, 11) is 0. The van der Waals surface area contributed by atoms with E-state index in [-0.39, 0.29) is 133 Å². The van der Waals surface area contributed by atoms with Gasteiger partial charge >= 0.3 is 29.8 Å². The van der Waals surface area contributed by atoms with Crippen molar-refractivity contribution in [1.29, 1.82) is 0 Å². The number of aliphatic hydroxyl groups is 1. The van der Waals surface area contributed by atoms with Crippen LogP contribution in [0.25, 0.3) is 0 Å². The Hall–Kier alpha value is -7.32. The number of nitrogens with two attached hydrogens (primary N) is 1. The third-order valence-electron chi connectivity index (χ3n) is 15.7. The van der Waals surface area contributed by atoms with Gasteiger partial charge in [-0.3, -0.25) is 47.9 Å². The maximum absolute atomic E-state index is 13.0. The van der Waals surface area contributed by atoms with Crippen LogP contribution in [0.5, 0.6) is 0 Å². The quantitative estimate of drug-likeness (QED) is 0.0399. The minimum Gasteiger partial charge on any atom is -0.481 e. The lowest BCUT2D eigenvalue weighted by Crippen LogP contribution is -2.49. The minimum absolute atomic E-state index is 0.00714. The lowest BCUT2D eigenvalue weighted by molar-refractivity contribution is -0.145. The predicted molar refractivity (Wildman–Crippen MR) is 357 cm³/mol. The van der Waals surface area contributed by atoms with Crippen LogP contribution in [0, 0.1) is 11.8 Å². The van der Waals surface area contributed by atoms with Crippen LogP contribution in [0.4, 0.5) is 0 Å². The van der Waals surface area contributed by atoms with Gasteiger partial charge in [0.05, 0.1) is 50.8 Å². The molecule has 1 unspecified atom stereocenters. The molecule has 1 aromatic rings. The van der Waals surface area contributed by atoms with E-state index in [4.69, 9.17) is 29.8 Å². The molecule has 0 bridgehead atoms. The fraction of sp³-hybridized carbons (Fsp3) is 0.761. The number of hydrogen-bond donors (Lipinski definition) is 13. The summed E-state index contributed by atoms with van der Waals surface area (Å²) < 4.78 is 20.9. The second-order valence-electron chi connectivity index (χ2n) is 24.2. The number of Topliss-reactive ketones (excluding diaryl/α,β-unsaturated/α-hetero) is 3. The first-order valence-electron chi connectivity index (χ1n) is 34.6. The van der Waals surface area contributed by atoms with Gasteiger partial charge in [-0.2, -0.15) is 0 Å². The fourth-order valence-electron chi connectivity index (χ4n) is 9.99. The number of aromatic amines is 1. The number of amides is 5. The van der Waals surface area contributed by atoms with Crippen LogP contribution in [-0.2, 0) is 87.7 Å². The van der Waals surface area contributed by atoms with Gasteiger partial charge in [-0.15, -0.1) is 0 Å². The molecular formula is C67H114N8O23. The van der Waals surface area contributed by atoms with E-state index in [1.807, 2.05) is 6.92 Å². The van der Waals surface area contributed by atoms with Gasteiger partial charge in [0.2, 0.25) is 29.5 Å². The summed E-state index contributed by atoms with van der Waals surface area (Å²) in [6.45, 7) is 6.98. The molecule has 0 spiro atoms. The van der Waals surface area contributed by atoms with E-state index >= 15 is 0 Å². The number of carboxylic acid groups (broad SMARTS) is 5. The van der Waals surface area contributed by atoms with Crippen LogP contribution in [0.3, 0.4) is 0 Å². The number of H-pyrrole nitrogens is 1. The van der Waals surface area contributed by atoms with Crippen LogP contribution in [0.2, 0.25) is 0 Å². The average molecular weight is 1400 g/mol. The van der Waals surface area contributed by atoms with Crippen molar-refractivity contribution in [3.8, 4) is 0 Å². The number of hydrogen-bond acceptors (Lipinski definition) is 20. The highest BCUT2D eigenvalue weighted by Crippen LogP contribution is 2.20. The number of nitrogens with one attached hydrogen (secondary N) is 6. The minimum atomic E-state index is -1.54. The number of aliphatic carboxylic acids is 5. The number of aliphatic hydroxyl groups excluding tert-OH is 1. The fourth-order valence-corrected chi connectivity index (χ4v) is 9.99. The van der Waals surface area contributed by atoms with Crippen LogP contribution in [0.1, 0.15) is 219 Å². The molecule has 0 aromatic carbocycles. The molecule has 7 atom stereocenters. The van der Waals surface area contributed by atoms with Crippen molar-refractivity contribution in [1.82, 2.24) is 36.6 Å². The Kier molecular flexibility index (Phi) is 54.2. The third-order valence-corrected chi connectivity index (χ3v) is 15.7. The summed E-state index contributed by atoms with van der Waals surface area (Å²) in [4.78, 5) is 162. The number of unbranched alkanes of at least 4 members (excludes halogenated alkanes) is 14. The van der Waals surface area contributed by atoms with Crippen LogP contribution < -0.4 is 32.3 Å². The van der Waals surface area contributed by atoms with Gasteiger partial charge in [-0.1, -0.05) is 83.5 Å². The second-order valence-corrected chi connectivity index (χ2v) is 24.2. The second kappa shape index (κ2) is 58.6. The lowest BCUT2D eigenvalue weighted by Gasteiger charge is -2.22. The van der Waals surface area contributed by atoms with Crippen molar-refractivity contribution in [2.24, 2.45) is 17.6 Å². The molecule has 0 aliphatic heterocycles. The molecule has 0 radical (unpaired) electrons. The Balaban J connectivity index is 0.00000200. The van der Waals surface area contributed by atoms with E-state index in [2.05, 4.69) is 36.6 Å². The van der Waals surface area contributed by atoms with Crippen molar-refractivity contribution in [2.75, 3.05) is 65.9 Å². The van der Waals surface area contributed by atoms with E-state index in [9.17, 15) is 87.9 Å². The molecule has 0 aliphatic rings. The van der Waals surface area contributed by atoms with Crippen molar-refractivity contribution in [2.45, 2.75) is 250 Å². The summed E-state index contributed by atoms with van der Waals surface area (Å²) in [5.41, 5.74) is 6.69. The van der Waals surface area contributed by atoms with E-state index < -0.39 is 102 Å². The predicted octanol–water partition coefficient (Wildman–Crippen LogP) is 4.51. The third kappa shape index (κ3) is 50.9. The molecule has 560 valence electrons. The molecule has 1 heterocycles. The topological polar surface area (TPSA) is 495 Å². The largest absolute Gasteiger partial charge is 0.481 e. The molecule has 0 aliphatic carbocycles. The van der Waals surface area contributed by atoms with Crippen molar-refractivity contribution >= 4 is 76.7 Å². The van der Waals surface area contributed by atoms with Crippen molar-refractivity contribution in [3.05, 3.63) is 18.2 Å². The number of carbonyl (C=O) groups excluding carboxylic acids is 8. The van der Waals surface area contributed by atoms with Gasteiger partial charge < -0.3 is 86.9 Å². The molecule has 98 heavy (non-hydrogen) atoms. The Bertz CT molecular complexity index is 2470. The normalized spacial score (nSPS) is 13.2. The number of imidazole rings is 1. The van der Waals surface area contributed by atoms with Crippen LogP contribution in [0.15, 0.2) is 12.5 Å². The number of aromatic nitrogens is 2. The smallest absolute Gasteiger partial charge is 0.328 e. The highest BCUT2D eigenvalue weighted by Gasteiger charge is 2.30. The summed E-state index contributed by atoms with van der Waals surface area (Å²) in [5, 5.41) is 68.5. The first kappa shape index (κ1) is 90.7. The van der Waals surface area contributed by atoms with Gasteiger partial charge in [-0.05, 0) is 78.6 Å². The summed E-state index contributed by atoms with van der Waals surface area (Å²) >= 11 is 0. The Labute approximate surface area is 575 Å². The summed E-state index contributed by atoms with van der Waals surface area (Å²) in [5.74, 6) is -10.9. The van der Waals surface area contributed by atoms with Crippen LogP contribution >= 0.6 is 0 Å². The first-order chi connectivity index (χ1) is 46.8. The van der Waals surface area contributed by atoms with E-state index in [0.29, 0.717) is 70.8 Å². The summed E-state index contributed by atoms with van der Waals surface area (Å²) in [6.07, 6.45) is 18.2. The maximum atomic E-state index is 13.0. The van der Waals surface area contributed by atoms with Crippen molar-refractivity contribution in [3.63, 3.8) is 0 Å². The Morgan fingerprint density at radius 3 is 1.56 bits per heavy atom. The van der Waals surface area contributed by atoms with Gasteiger partial charge in [0.15, 0.2) is 11.8 Å². The highest BCUT2D eigenvalue weighted by molar-refractivity contribution is 5.89. The number of ketones is 3. The van der Waals surface area contributed by atoms with Gasteiger partial charge in [-0.25, -0.2) is 19.4 Å². The molecule has 31 nitrogen and oxygen atoms in total. The van der Waals surface area contributed by atoms with E-state index in [1.54, 1.807) is 13.1 Å². The number of nitrogens with zero attached hydrogens (tertiary/aromatic N) is 1. The zero-order chi connectivity index (χ0) is 73.3. The monoisotopic (exact) mass is 1400 g/mol. The standard InChI is InChI=1S/C36H60N6O14.C31H54N2O9/c1-3-53-15-17-55-21-27(44)8-6-14-54-16-18-56-22-32(47)41-29(35(49)50)10-12-31(46)39-13-5-4-7-25(34(48)42-33(24(2)43)36(51)52)9-11-30(45)28(37)19-26-20-38-23-40-26;1-2-32-27(35)22-19-24(30(39)40)23-25(34)20-21-26(31(41)42)33-28(36)17-15-13-11-9-7-5-3-4-6-8-10-12-14-16-18-29(37)38/h20,23-25,28-29,33,43H,3-19,21-22,37H2,1-2H3,(H,38,40)(H,39,46)(H,41,47)(H,42,48)(H,49,50)(H,51,52);24,26H,2-23H2,1H3,(H,32,35)(H,33,36)(H,37,38)(H,39,40)(H,41,42)/t24-,25-,28+,29+,33?;24-,26+/m11/s1. The molecule has 0 saturated heterocycles. The molecule has 0 saturated carbocycles. The Morgan fingerprint density at radius 2 is 1.02 bits per heavy atom. The zero-order valence-electron chi connectivity index (χ0n) is 57.8. The van der Waals surface area contributed by atoms with E-state index in [1.165, 1.54) is 51.8 Å². The number of rotatable bonds is 64. The SMILES string of the molecule is CCNC(=O)CC[C@H](CC(=O)CC[C@H](NC(=O)CCCCCCCCCCCCCCCCC(=O)O)C(=O)O)C(=O)O.CCOCCOCC(=O)CCCOCCOCC(=O)N[C@@H](CCC(=O)NCCCC[C@H](CCC(=O)[C@@H](N)Cc1cnc[nH]1)C(=O)NC(C(=O)O)[C@@H](C)O)C(=O)O. The summed E-state index contributed by atoms with van der Waals surface area (Å²) in [6, 6.07) is -4.93. The van der Waals surface area contributed by atoms with E-state index in [0.717, 1.165) is 44.9 Å². The zero-order valence-corrected chi connectivity index (χ0v) is 57.8. The molecule has 14 N–H and O–H groups in total. The maximum Gasteiger partial charge on any atom is 0.328 e. The van der Waals surface area contributed by atoms with Crippen LogP contribution in [-0.4, -0.2) is 214 Å². The molecular weight excluding hydrogens is 1280 g/mol. The number of carboxylic acids is 5. The lowest BCUT2D eigenvalue weighted by atomic mass is 9.92. The van der Waals surface area contributed by atoms with Gasteiger partial charge in [0.1, 0.15) is 36.9 Å². The number of carbonyl (C=O) groups is 13. The number of ether oxygens (including phenoxy) is 4. The highest BCUT2D eigenvalue weighted by atomic mass is 16.5. The van der Waals surface area contributed by atoms with Gasteiger partial charge in [0.25, 0.3) is 0 Å². The molecule has 5 amide bonds. The average Bonchev–Trinajstić information content (AvgIpc) is 1.01. The Morgan fingerprint density at radius 1 is 0.490 bits per heavy atom. The first-order valence-corrected chi connectivity index (χ1v) is 34.6. The molecule has 31 heteroatoms.